The van der Waals surface area contributed by atoms with Gasteiger partial charge < -0.3 is 14.4 Å². The Kier molecular flexibility index (Phi) is 2.78. The maximum absolute atomic E-state index is 12.8. The Labute approximate surface area is 140 Å². The first-order valence-electron chi connectivity index (χ1n) is 8.58. The highest BCUT2D eigenvalue weighted by Crippen LogP contribution is 2.56. The quantitative estimate of drug-likeness (QED) is 0.617. The molecule has 0 aromatic heterocycles. The lowest BCUT2D eigenvalue weighted by molar-refractivity contribution is -0.150. The van der Waals surface area contributed by atoms with E-state index in [0.717, 1.165) is 17.5 Å². The van der Waals surface area contributed by atoms with E-state index < -0.39 is 5.60 Å². The van der Waals surface area contributed by atoms with Gasteiger partial charge in [-0.05, 0) is 25.0 Å². The highest BCUT2D eigenvalue weighted by atomic mass is 16.6. The van der Waals surface area contributed by atoms with Crippen molar-refractivity contribution in [1.29, 1.82) is 0 Å². The summed E-state index contributed by atoms with van der Waals surface area (Å²) in [4.78, 5) is 27.2. The SMILES string of the molecule is CCOC(=O)[C@@H]1[C@H]2C[C@H]3c4ccccc4C(=O)N3C[C@]23C=C[C@H]1O3. The van der Waals surface area contributed by atoms with Crippen molar-refractivity contribution in [1.82, 2.24) is 4.90 Å². The lowest BCUT2D eigenvalue weighted by Gasteiger charge is -2.44. The lowest BCUT2D eigenvalue weighted by atomic mass is 9.69. The van der Waals surface area contributed by atoms with Gasteiger partial charge in [0, 0.05) is 11.5 Å². The van der Waals surface area contributed by atoms with Crippen LogP contribution in [0.15, 0.2) is 36.4 Å². The molecule has 0 radical (unpaired) electrons. The van der Waals surface area contributed by atoms with Crippen molar-refractivity contribution in [2.24, 2.45) is 11.8 Å². The van der Waals surface area contributed by atoms with Crippen LogP contribution in [0.3, 0.4) is 0 Å². The number of hydrogen-bond donors (Lipinski definition) is 0. The number of esters is 1. The molecule has 4 aliphatic rings. The van der Waals surface area contributed by atoms with Gasteiger partial charge in [0.2, 0.25) is 0 Å². The maximum Gasteiger partial charge on any atom is 0.312 e. The van der Waals surface area contributed by atoms with E-state index in [-0.39, 0.29) is 35.9 Å². The predicted octanol–water partition coefficient (Wildman–Crippen LogP) is 2.09. The molecule has 2 saturated heterocycles. The number of rotatable bonds is 2. The molecule has 5 heteroatoms. The van der Waals surface area contributed by atoms with Crippen molar-refractivity contribution in [2.75, 3.05) is 13.2 Å². The van der Waals surface area contributed by atoms with Crippen molar-refractivity contribution in [3.63, 3.8) is 0 Å². The molecule has 5 atom stereocenters. The molecular formula is C19H19NO4. The highest BCUT2D eigenvalue weighted by molar-refractivity contribution is 5.99. The third kappa shape index (κ3) is 1.63. The van der Waals surface area contributed by atoms with E-state index >= 15 is 0 Å². The molecule has 0 unspecified atom stereocenters. The molecule has 4 aliphatic heterocycles. The summed E-state index contributed by atoms with van der Waals surface area (Å²) in [5, 5.41) is 0. The molecule has 1 spiro atoms. The van der Waals surface area contributed by atoms with Gasteiger partial charge in [-0.3, -0.25) is 9.59 Å². The largest absolute Gasteiger partial charge is 0.466 e. The van der Waals surface area contributed by atoms with Crippen molar-refractivity contribution < 1.29 is 19.1 Å². The maximum atomic E-state index is 12.8. The summed E-state index contributed by atoms with van der Waals surface area (Å²) in [5.41, 5.74) is 1.33. The van der Waals surface area contributed by atoms with Crippen molar-refractivity contribution in [3.8, 4) is 0 Å². The minimum Gasteiger partial charge on any atom is -0.466 e. The van der Waals surface area contributed by atoms with E-state index in [2.05, 4.69) is 6.08 Å². The molecule has 1 aromatic rings. The summed E-state index contributed by atoms with van der Waals surface area (Å²) in [6.07, 6.45) is 4.54. The van der Waals surface area contributed by atoms with Crippen molar-refractivity contribution in [3.05, 3.63) is 47.5 Å². The third-order valence-corrected chi connectivity index (χ3v) is 5.98. The van der Waals surface area contributed by atoms with Gasteiger partial charge in [-0.15, -0.1) is 0 Å². The van der Waals surface area contributed by atoms with Crippen LogP contribution in [0.2, 0.25) is 0 Å². The fourth-order valence-corrected chi connectivity index (χ4v) is 5.01. The van der Waals surface area contributed by atoms with Gasteiger partial charge >= 0.3 is 5.97 Å². The molecular weight excluding hydrogens is 306 g/mol. The molecule has 5 rings (SSSR count). The number of fused-ring (bicyclic) bond motifs is 4. The topological polar surface area (TPSA) is 55.8 Å². The molecule has 0 N–H and O–H groups in total. The second kappa shape index (κ2) is 4.70. The van der Waals surface area contributed by atoms with E-state index in [0.29, 0.717) is 13.2 Å². The first-order valence-corrected chi connectivity index (χ1v) is 8.58. The second-order valence-electron chi connectivity index (χ2n) is 7.05. The zero-order chi connectivity index (χ0) is 16.5. The van der Waals surface area contributed by atoms with Crippen LogP contribution in [0.1, 0.15) is 35.3 Å². The molecule has 1 amide bonds. The van der Waals surface area contributed by atoms with Crippen LogP contribution >= 0.6 is 0 Å². The number of piperidine rings is 1. The van der Waals surface area contributed by atoms with E-state index in [1.54, 1.807) is 0 Å². The van der Waals surface area contributed by atoms with Crippen LogP contribution in [0.25, 0.3) is 0 Å². The van der Waals surface area contributed by atoms with Gasteiger partial charge in [-0.1, -0.05) is 30.4 Å². The van der Waals surface area contributed by atoms with Crippen LogP contribution in [0, 0.1) is 11.8 Å². The molecule has 124 valence electrons. The summed E-state index contributed by atoms with van der Waals surface area (Å²) in [6.45, 7) is 2.72. The molecule has 4 heterocycles. The van der Waals surface area contributed by atoms with E-state index in [4.69, 9.17) is 9.47 Å². The van der Waals surface area contributed by atoms with Crippen molar-refractivity contribution >= 4 is 11.9 Å². The minimum atomic E-state index is -0.531. The summed E-state index contributed by atoms with van der Waals surface area (Å²) in [5.74, 6) is -0.306. The average Bonchev–Trinajstić information content (AvgIpc) is 3.22. The smallest absolute Gasteiger partial charge is 0.312 e. The Hall–Kier alpha value is -2.14. The fraction of sp³-hybridized carbons (Fsp3) is 0.474. The number of amides is 1. The van der Waals surface area contributed by atoms with E-state index in [1.165, 1.54) is 0 Å². The number of benzene rings is 1. The Balaban J connectivity index is 1.54. The molecule has 0 saturated carbocycles. The first kappa shape index (κ1) is 14.2. The summed E-state index contributed by atoms with van der Waals surface area (Å²) in [7, 11) is 0. The zero-order valence-electron chi connectivity index (χ0n) is 13.5. The minimum absolute atomic E-state index is 0.0394. The Morgan fingerprint density at radius 3 is 3.08 bits per heavy atom. The summed E-state index contributed by atoms with van der Waals surface area (Å²) in [6, 6.07) is 7.83. The number of carbonyl (C=O) groups is 2. The van der Waals surface area contributed by atoms with E-state index in [9.17, 15) is 9.59 Å². The van der Waals surface area contributed by atoms with Crippen LogP contribution < -0.4 is 0 Å². The average molecular weight is 325 g/mol. The molecule has 1 aromatic carbocycles. The van der Waals surface area contributed by atoms with Crippen LogP contribution in [-0.4, -0.2) is 41.6 Å². The molecule has 5 nitrogen and oxygen atoms in total. The Bertz CT molecular complexity index is 772. The van der Waals surface area contributed by atoms with Gasteiger partial charge in [0.25, 0.3) is 5.91 Å². The number of hydrogen-bond acceptors (Lipinski definition) is 4. The first-order chi connectivity index (χ1) is 11.6. The predicted molar refractivity (Wildman–Crippen MR) is 85.2 cm³/mol. The Morgan fingerprint density at radius 1 is 1.42 bits per heavy atom. The van der Waals surface area contributed by atoms with Crippen LogP contribution in [0.5, 0.6) is 0 Å². The molecule has 0 aliphatic carbocycles. The fourth-order valence-electron chi connectivity index (χ4n) is 5.01. The zero-order valence-corrected chi connectivity index (χ0v) is 13.5. The van der Waals surface area contributed by atoms with Gasteiger partial charge in [0.15, 0.2) is 0 Å². The molecule has 2 bridgehead atoms. The van der Waals surface area contributed by atoms with Gasteiger partial charge in [-0.2, -0.15) is 0 Å². The molecule has 24 heavy (non-hydrogen) atoms. The number of carbonyl (C=O) groups excluding carboxylic acids is 2. The van der Waals surface area contributed by atoms with Crippen molar-refractivity contribution in [2.45, 2.75) is 31.1 Å². The standard InChI is InChI=1S/C19H19NO4/c1-2-23-18(22)16-13-9-14-11-5-3-4-6-12(11)17(21)20(14)10-19(13)8-7-15(16)24-19/h3-8,13-16H,2,9-10H2,1H3/t13-,14+,15-,16-,19-/m1/s1. The number of nitrogens with zero attached hydrogens (tertiary/aromatic N) is 1. The normalized spacial score (nSPS) is 38.0. The van der Waals surface area contributed by atoms with Gasteiger partial charge in [0.1, 0.15) is 5.60 Å². The highest BCUT2D eigenvalue weighted by Gasteiger charge is 2.64. The second-order valence-corrected chi connectivity index (χ2v) is 7.05. The van der Waals surface area contributed by atoms with Crippen LogP contribution in [-0.2, 0) is 14.3 Å². The van der Waals surface area contributed by atoms with Gasteiger partial charge in [0.05, 0.1) is 31.2 Å². The van der Waals surface area contributed by atoms with Crippen LogP contribution in [0.4, 0.5) is 0 Å². The van der Waals surface area contributed by atoms with E-state index in [1.807, 2.05) is 42.2 Å². The monoisotopic (exact) mass is 325 g/mol. The summed E-state index contributed by atoms with van der Waals surface area (Å²) < 4.78 is 11.5. The third-order valence-electron chi connectivity index (χ3n) is 5.98. The summed E-state index contributed by atoms with van der Waals surface area (Å²) >= 11 is 0. The van der Waals surface area contributed by atoms with Gasteiger partial charge in [-0.25, -0.2) is 0 Å². The number of ether oxygens (including phenoxy) is 2. The molecule has 2 fully saturated rings. The Morgan fingerprint density at radius 2 is 2.25 bits per heavy atom. The lowest BCUT2D eigenvalue weighted by Crippen LogP contribution is -2.53.